The second-order valence-electron chi connectivity index (χ2n) is 4.24. The maximum Gasteiger partial charge on any atom is 0.336 e. The van der Waals surface area contributed by atoms with Gasteiger partial charge < -0.3 is 9.84 Å². The first-order valence-corrected chi connectivity index (χ1v) is 7.16. The number of aromatic carboxylic acids is 1. The lowest BCUT2D eigenvalue weighted by molar-refractivity contribution is 0.0693. The minimum Gasteiger partial charge on any atom is -0.495 e. The van der Waals surface area contributed by atoms with Gasteiger partial charge in [-0.05, 0) is 29.8 Å². The van der Waals surface area contributed by atoms with Crippen molar-refractivity contribution in [1.82, 2.24) is 0 Å². The highest BCUT2D eigenvalue weighted by atomic mass is 32.2. The lowest BCUT2D eigenvalue weighted by Gasteiger charge is -2.07. The standard InChI is InChI=1S/C16H13NO3S/c1-20-14-7-6-11(8-12(14)9-17)10-21-15-5-3-2-4-13(15)16(18)19/h2-8H,10H2,1H3,(H,18,19). The SMILES string of the molecule is COc1ccc(CSc2ccccc2C(=O)O)cc1C#N. The summed E-state index contributed by atoms with van der Waals surface area (Å²) in [5.41, 5.74) is 1.70. The van der Waals surface area contributed by atoms with E-state index in [0.717, 1.165) is 5.56 Å². The maximum absolute atomic E-state index is 11.1. The molecule has 0 heterocycles. The van der Waals surface area contributed by atoms with Crippen molar-refractivity contribution >= 4 is 17.7 Å². The number of ether oxygens (including phenoxy) is 1. The van der Waals surface area contributed by atoms with Crippen LogP contribution in [0, 0.1) is 11.3 Å². The molecule has 0 aliphatic carbocycles. The van der Waals surface area contributed by atoms with Crippen LogP contribution in [0.4, 0.5) is 0 Å². The van der Waals surface area contributed by atoms with Gasteiger partial charge >= 0.3 is 5.97 Å². The Labute approximate surface area is 127 Å². The van der Waals surface area contributed by atoms with Crippen molar-refractivity contribution in [2.45, 2.75) is 10.6 Å². The summed E-state index contributed by atoms with van der Waals surface area (Å²) in [4.78, 5) is 11.9. The van der Waals surface area contributed by atoms with Gasteiger partial charge in [0.1, 0.15) is 11.8 Å². The topological polar surface area (TPSA) is 70.3 Å². The molecule has 1 N–H and O–H groups in total. The third-order valence-electron chi connectivity index (χ3n) is 2.90. The van der Waals surface area contributed by atoms with Gasteiger partial charge in [-0.2, -0.15) is 5.26 Å². The predicted octanol–water partition coefficient (Wildman–Crippen LogP) is 3.56. The number of methoxy groups -OCH3 is 1. The van der Waals surface area contributed by atoms with E-state index in [-0.39, 0.29) is 5.56 Å². The number of nitriles is 1. The minimum absolute atomic E-state index is 0.288. The van der Waals surface area contributed by atoms with Crippen LogP contribution in [0.5, 0.6) is 5.75 Å². The summed E-state index contributed by atoms with van der Waals surface area (Å²) < 4.78 is 5.10. The summed E-state index contributed by atoms with van der Waals surface area (Å²) in [5.74, 6) is 0.186. The molecule has 5 heteroatoms. The van der Waals surface area contributed by atoms with Crippen LogP contribution in [0.3, 0.4) is 0 Å². The number of hydrogen-bond acceptors (Lipinski definition) is 4. The number of carboxylic acids is 1. The third kappa shape index (κ3) is 3.56. The zero-order chi connectivity index (χ0) is 15.2. The van der Waals surface area contributed by atoms with E-state index >= 15 is 0 Å². The van der Waals surface area contributed by atoms with Gasteiger partial charge in [-0.1, -0.05) is 18.2 Å². The van der Waals surface area contributed by atoms with Crippen LogP contribution in [0.1, 0.15) is 21.5 Å². The van der Waals surface area contributed by atoms with E-state index < -0.39 is 5.97 Å². The van der Waals surface area contributed by atoms with Gasteiger partial charge in [0.05, 0.1) is 18.2 Å². The quantitative estimate of drug-likeness (QED) is 0.855. The predicted molar refractivity (Wildman–Crippen MR) is 80.7 cm³/mol. The van der Waals surface area contributed by atoms with Crippen LogP contribution >= 0.6 is 11.8 Å². The number of thioether (sulfide) groups is 1. The van der Waals surface area contributed by atoms with Crippen LogP contribution in [0.2, 0.25) is 0 Å². The number of carbonyl (C=O) groups is 1. The molecular weight excluding hydrogens is 286 g/mol. The van der Waals surface area contributed by atoms with Crippen molar-refractivity contribution in [1.29, 1.82) is 5.26 Å². The van der Waals surface area contributed by atoms with Crippen molar-refractivity contribution in [3.63, 3.8) is 0 Å². The molecule has 2 aromatic carbocycles. The van der Waals surface area contributed by atoms with E-state index in [1.807, 2.05) is 12.1 Å². The molecular formula is C16H13NO3S. The Morgan fingerprint density at radius 1 is 1.33 bits per heavy atom. The van der Waals surface area contributed by atoms with Crippen LogP contribution in [-0.2, 0) is 5.75 Å². The van der Waals surface area contributed by atoms with Crippen molar-refractivity contribution in [2.75, 3.05) is 7.11 Å². The molecule has 2 rings (SSSR count). The fourth-order valence-corrected chi connectivity index (χ4v) is 2.85. The summed E-state index contributed by atoms with van der Waals surface area (Å²) in [5, 5.41) is 18.2. The molecule has 0 radical (unpaired) electrons. The first-order chi connectivity index (χ1) is 10.2. The summed E-state index contributed by atoms with van der Waals surface area (Å²) in [7, 11) is 1.52. The molecule has 106 valence electrons. The van der Waals surface area contributed by atoms with Crippen LogP contribution in [0.15, 0.2) is 47.4 Å². The highest BCUT2D eigenvalue weighted by molar-refractivity contribution is 7.98. The van der Waals surface area contributed by atoms with Gasteiger partial charge in [0.25, 0.3) is 0 Å². The molecule has 0 bridgehead atoms. The van der Waals surface area contributed by atoms with E-state index in [9.17, 15) is 4.79 Å². The first-order valence-electron chi connectivity index (χ1n) is 6.18. The van der Waals surface area contributed by atoms with E-state index in [2.05, 4.69) is 6.07 Å². The Hall–Kier alpha value is -2.45. The highest BCUT2D eigenvalue weighted by Gasteiger charge is 2.10. The highest BCUT2D eigenvalue weighted by Crippen LogP contribution is 2.28. The van der Waals surface area contributed by atoms with Crippen molar-refractivity contribution in [2.24, 2.45) is 0 Å². The van der Waals surface area contributed by atoms with Crippen molar-refractivity contribution in [3.8, 4) is 11.8 Å². The van der Waals surface area contributed by atoms with E-state index in [1.54, 1.807) is 30.3 Å². The Bertz CT molecular complexity index is 707. The molecule has 0 saturated carbocycles. The van der Waals surface area contributed by atoms with Crippen LogP contribution in [-0.4, -0.2) is 18.2 Å². The maximum atomic E-state index is 11.1. The van der Waals surface area contributed by atoms with Crippen LogP contribution < -0.4 is 4.74 Å². The van der Waals surface area contributed by atoms with E-state index in [0.29, 0.717) is 22.0 Å². The molecule has 0 aliphatic heterocycles. The minimum atomic E-state index is -0.939. The molecule has 21 heavy (non-hydrogen) atoms. The molecule has 0 saturated heterocycles. The monoisotopic (exact) mass is 299 g/mol. The van der Waals surface area contributed by atoms with Gasteiger partial charge in [0.2, 0.25) is 0 Å². The smallest absolute Gasteiger partial charge is 0.336 e. The number of hydrogen-bond donors (Lipinski definition) is 1. The average molecular weight is 299 g/mol. The normalized spacial score (nSPS) is 9.90. The zero-order valence-corrected chi connectivity index (χ0v) is 12.2. The second-order valence-corrected chi connectivity index (χ2v) is 5.25. The lowest BCUT2D eigenvalue weighted by Crippen LogP contribution is -1.98. The largest absolute Gasteiger partial charge is 0.495 e. The average Bonchev–Trinajstić information content (AvgIpc) is 2.52. The fraction of sp³-hybridized carbons (Fsp3) is 0.125. The van der Waals surface area contributed by atoms with Gasteiger partial charge in [-0.15, -0.1) is 11.8 Å². The van der Waals surface area contributed by atoms with Gasteiger partial charge in [0.15, 0.2) is 0 Å². The summed E-state index contributed by atoms with van der Waals surface area (Å²) in [6.45, 7) is 0. The van der Waals surface area contributed by atoms with Crippen LogP contribution in [0.25, 0.3) is 0 Å². The van der Waals surface area contributed by atoms with Crippen molar-refractivity contribution < 1.29 is 14.6 Å². The van der Waals surface area contributed by atoms with Gasteiger partial charge in [-0.3, -0.25) is 0 Å². The summed E-state index contributed by atoms with van der Waals surface area (Å²) in [6, 6.07) is 14.3. The lowest BCUT2D eigenvalue weighted by atomic mass is 10.1. The molecule has 0 aliphatic rings. The molecule has 0 fully saturated rings. The summed E-state index contributed by atoms with van der Waals surface area (Å²) >= 11 is 1.43. The fourth-order valence-electron chi connectivity index (χ4n) is 1.86. The van der Waals surface area contributed by atoms with Gasteiger partial charge in [0, 0.05) is 10.6 Å². The molecule has 0 atom stereocenters. The third-order valence-corrected chi connectivity index (χ3v) is 4.04. The van der Waals surface area contributed by atoms with Crippen molar-refractivity contribution in [3.05, 3.63) is 59.2 Å². The van der Waals surface area contributed by atoms with E-state index in [4.69, 9.17) is 15.1 Å². The Balaban J connectivity index is 2.18. The molecule has 0 spiro atoms. The molecule has 2 aromatic rings. The Morgan fingerprint density at radius 3 is 2.76 bits per heavy atom. The number of nitrogens with zero attached hydrogens (tertiary/aromatic N) is 1. The number of benzene rings is 2. The number of carboxylic acid groups (broad SMARTS) is 1. The molecule has 0 aromatic heterocycles. The Morgan fingerprint density at radius 2 is 2.10 bits per heavy atom. The van der Waals surface area contributed by atoms with Gasteiger partial charge in [-0.25, -0.2) is 4.79 Å². The van der Waals surface area contributed by atoms with E-state index in [1.165, 1.54) is 18.9 Å². The Kier molecular flexibility index (Phi) is 4.85. The molecule has 0 amide bonds. The number of rotatable bonds is 5. The zero-order valence-electron chi connectivity index (χ0n) is 11.4. The molecule has 0 unspecified atom stereocenters. The second kappa shape index (κ2) is 6.82. The molecule has 4 nitrogen and oxygen atoms in total. The summed E-state index contributed by atoms with van der Waals surface area (Å²) in [6.07, 6.45) is 0. The first kappa shape index (κ1) is 14.9.